The van der Waals surface area contributed by atoms with E-state index >= 15 is 0 Å². The summed E-state index contributed by atoms with van der Waals surface area (Å²) in [6.07, 6.45) is 4.15. The summed E-state index contributed by atoms with van der Waals surface area (Å²) in [7, 11) is 2.18. The molecule has 1 aliphatic carbocycles. The lowest BCUT2D eigenvalue weighted by atomic mass is 9.92. The van der Waals surface area contributed by atoms with Crippen molar-refractivity contribution >= 4 is 12.6 Å². The summed E-state index contributed by atoms with van der Waals surface area (Å²) in [5, 5.41) is 0. The molecule has 0 atom stereocenters. The third-order valence-corrected chi connectivity index (χ3v) is 2.84. The van der Waals surface area contributed by atoms with Gasteiger partial charge in [-0.3, -0.25) is 4.90 Å². The number of thiol groups is 1. The summed E-state index contributed by atoms with van der Waals surface area (Å²) >= 11 is 4.18. The van der Waals surface area contributed by atoms with Crippen LogP contribution in [0.15, 0.2) is 12.2 Å². The van der Waals surface area contributed by atoms with Gasteiger partial charge in [-0.25, -0.2) is 0 Å². The van der Waals surface area contributed by atoms with Crippen molar-refractivity contribution in [3.63, 3.8) is 0 Å². The van der Waals surface area contributed by atoms with Crippen LogP contribution in [-0.4, -0.2) is 30.3 Å². The topological polar surface area (TPSA) is 3.24 Å². The second-order valence-corrected chi connectivity index (χ2v) is 3.72. The van der Waals surface area contributed by atoms with Gasteiger partial charge in [0, 0.05) is 18.3 Å². The van der Waals surface area contributed by atoms with E-state index in [2.05, 4.69) is 31.2 Å². The SMILES string of the molecule is C=C(CS)CN(C)C1CCC1. The Labute approximate surface area is 74.9 Å². The Morgan fingerprint density at radius 1 is 1.64 bits per heavy atom. The smallest absolute Gasteiger partial charge is 0.0198 e. The zero-order valence-electron chi connectivity index (χ0n) is 7.21. The molecule has 1 fully saturated rings. The van der Waals surface area contributed by atoms with Gasteiger partial charge >= 0.3 is 0 Å². The molecule has 0 aromatic carbocycles. The Bertz CT molecular complexity index is 140. The molecule has 1 rings (SSSR count). The van der Waals surface area contributed by atoms with Gasteiger partial charge in [0.25, 0.3) is 0 Å². The van der Waals surface area contributed by atoms with Gasteiger partial charge in [0.1, 0.15) is 0 Å². The van der Waals surface area contributed by atoms with Crippen LogP contribution in [-0.2, 0) is 0 Å². The summed E-state index contributed by atoms with van der Waals surface area (Å²) < 4.78 is 0. The number of hydrogen-bond acceptors (Lipinski definition) is 2. The van der Waals surface area contributed by atoms with Crippen LogP contribution in [0.3, 0.4) is 0 Å². The highest BCUT2D eigenvalue weighted by Gasteiger charge is 2.21. The highest BCUT2D eigenvalue weighted by molar-refractivity contribution is 7.80. The fourth-order valence-corrected chi connectivity index (χ4v) is 1.46. The first-order chi connectivity index (χ1) is 5.24. The fraction of sp³-hybridized carbons (Fsp3) is 0.778. The number of nitrogens with zero attached hydrogens (tertiary/aromatic N) is 1. The molecule has 11 heavy (non-hydrogen) atoms. The van der Waals surface area contributed by atoms with Crippen LogP contribution in [0.2, 0.25) is 0 Å². The maximum Gasteiger partial charge on any atom is 0.0198 e. The fourth-order valence-electron chi connectivity index (χ4n) is 1.36. The van der Waals surface area contributed by atoms with Crippen molar-refractivity contribution in [1.29, 1.82) is 0 Å². The third kappa shape index (κ3) is 2.53. The highest BCUT2D eigenvalue weighted by Crippen LogP contribution is 2.23. The van der Waals surface area contributed by atoms with Crippen LogP contribution in [0, 0.1) is 0 Å². The molecule has 0 N–H and O–H groups in total. The Balaban J connectivity index is 2.19. The first-order valence-electron chi connectivity index (χ1n) is 4.22. The molecule has 1 aliphatic rings. The first-order valence-corrected chi connectivity index (χ1v) is 4.85. The van der Waals surface area contributed by atoms with Crippen molar-refractivity contribution < 1.29 is 0 Å². The summed E-state index contributed by atoms with van der Waals surface area (Å²) in [6.45, 7) is 4.96. The normalized spacial score (nSPS) is 18.5. The van der Waals surface area contributed by atoms with E-state index < -0.39 is 0 Å². The van der Waals surface area contributed by atoms with E-state index in [1.165, 1.54) is 24.8 Å². The van der Waals surface area contributed by atoms with Crippen LogP contribution in [0.4, 0.5) is 0 Å². The summed E-state index contributed by atoms with van der Waals surface area (Å²) in [4.78, 5) is 2.39. The average molecular weight is 171 g/mol. The minimum atomic E-state index is 0.817. The van der Waals surface area contributed by atoms with Gasteiger partial charge in [0.15, 0.2) is 0 Å². The molecule has 0 amide bonds. The predicted molar refractivity (Wildman–Crippen MR) is 53.3 cm³/mol. The largest absolute Gasteiger partial charge is 0.299 e. The van der Waals surface area contributed by atoms with Crippen LogP contribution in [0.1, 0.15) is 19.3 Å². The monoisotopic (exact) mass is 171 g/mol. The second kappa shape index (κ2) is 4.17. The lowest BCUT2D eigenvalue weighted by molar-refractivity contribution is 0.172. The van der Waals surface area contributed by atoms with E-state index in [9.17, 15) is 0 Å². The standard InChI is InChI=1S/C9H17NS/c1-8(7-11)6-10(2)9-4-3-5-9/h9,11H,1,3-7H2,2H3. The maximum absolute atomic E-state index is 4.18. The Kier molecular flexibility index (Phi) is 3.46. The van der Waals surface area contributed by atoms with Crippen molar-refractivity contribution in [3.05, 3.63) is 12.2 Å². The third-order valence-electron chi connectivity index (χ3n) is 2.39. The molecule has 0 unspecified atom stereocenters. The quantitative estimate of drug-likeness (QED) is 0.500. The van der Waals surface area contributed by atoms with Crippen molar-refractivity contribution in [2.24, 2.45) is 0 Å². The molecule has 0 aliphatic heterocycles. The van der Waals surface area contributed by atoms with E-state index in [1.807, 2.05) is 0 Å². The van der Waals surface area contributed by atoms with Crippen molar-refractivity contribution in [3.8, 4) is 0 Å². The van der Waals surface area contributed by atoms with E-state index in [0.717, 1.165) is 18.3 Å². The molecule has 64 valence electrons. The van der Waals surface area contributed by atoms with Gasteiger partial charge in [-0.2, -0.15) is 12.6 Å². The molecule has 0 aromatic rings. The zero-order chi connectivity index (χ0) is 8.27. The number of likely N-dealkylation sites (N-methyl/N-ethyl adjacent to an activating group) is 1. The summed E-state index contributed by atoms with van der Waals surface area (Å²) in [5.74, 6) is 0.817. The molecule has 0 heterocycles. The van der Waals surface area contributed by atoms with Gasteiger partial charge < -0.3 is 0 Å². The van der Waals surface area contributed by atoms with Gasteiger partial charge in [0.05, 0.1) is 0 Å². The Morgan fingerprint density at radius 3 is 2.64 bits per heavy atom. The van der Waals surface area contributed by atoms with Crippen LogP contribution in [0.25, 0.3) is 0 Å². The van der Waals surface area contributed by atoms with E-state index in [1.54, 1.807) is 0 Å². The zero-order valence-corrected chi connectivity index (χ0v) is 8.11. The van der Waals surface area contributed by atoms with Crippen molar-refractivity contribution in [2.45, 2.75) is 25.3 Å². The minimum Gasteiger partial charge on any atom is -0.299 e. The molecule has 1 nitrogen and oxygen atoms in total. The molecule has 0 radical (unpaired) electrons. The van der Waals surface area contributed by atoms with Crippen molar-refractivity contribution in [1.82, 2.24) is 4.90 Å². The highest BCUT2D eigenvalue weighted by atomic mass is 32.1. The molecular formula is C9H17NS. The minimum absolute atomic E-state index is 0.817. The summed E-state index contributed by atoms with van der Waals surface area (Å²) in [6, 6.07) is 0.826. The Hall–Kier alpha value is 0.0500. The lowest BCUT2D eigenvalue weighted by Gasteiger charge is -2.35. The number of hydrogen-bond donors (Lipinski definition) is 1. The number of rotatable bonds is 4. The molecule has 1 saturated carbocycles. The molecule has 0 bridgehead atoms. The summed E-state index contributed by atoms with van der Waals surface area (Å²) in [5.41, 5.74) is 1.22. The molecule has 2 heteroatoms. The Morgan fingerprint density at radius 2 is 2.27 bits per heavy atom. The van der Waals surface area contributed by atoms with E-state index in [4.69, 9.17) is 0 Å². The first kappa shape index (κ1) is 9.14. The molecule has 0 saturated heterocycles. The molecular weight excluding hydrogens is 154 g/mol. The van der Waals surface area contributed by atoms with E-state index in [-0.39, 0.29) is 0 Å². The average Bonchev–Trinajstić information content (AvgIpc) is 1.83. The predicted octanol–water partition coefficient (Wildman–Crippen LogP) is 1.96. The van der Waals surface area contributed by atoms with Gasteiger partial charge in [0.2, 0.25) is 0 Å². The van der Waals surface area contributed by atoms with Crippen LogP contribution < -0.4 is 0 Å². The van der Waals surface area contributed by atoms with Gasteiger partial charge in [-0.1, -0.05) is 18.6 Å². The van der Waals surface area contributed by atoms with E-state index in [0.29, 0.717) is 0 Å². The maximum atomic E-state index is 4.18. The molecule has 0 spiro atoms. The van der Waals surface area contributed by atoms with Crippen LogP contribution >= 0.6 is 12.6 Å². The molecule has 0 aromatic heterocycles. The van der Waals surface area contributed by atoms with Gasteiger partial charge in [-0.15, -0.1) is 0 Å². The second-order valence-electron chi connectivity index (χ2n) is 3.41. The lowest BCUT2D eigenvalue weighted by Crippen LogP contribution is -2.38. The van der Waals surface area contributed by atoms with Crippen LogP contribution in [0.5, 0.6) is 0 Å². The van der Waals surface area contributed by atoms with Gasteiger partial charge in [-0.05, 0) is 19.9 Å². The van der Waals surface area contributed by atoms with Crippen molar-refractivity contribution in [2.75, 3.05) is 19.3 Å².